The molecule has 0 spiro atoms. The predicted octanol–water partition coefficient (Wildman–Crippen LogP) is 3.89. The van der Waals surface area contributed by atoms with E-state index in [0.29, 0.717) is 23.5 Å². The molecule has 0 aliphatic carbocycles. The highest BCUT2D eigenvalue weighted by Gasteiger charge is 2.30. The number of furan rings is 1. The molecule has 1 atom stereocenters. The number of hydrogen-bond donors (Lipinski definition) is 1. The van der Waals surface area contributed by atoms with Crippen LogP contribution in [0.5, 0.6) is 0 Å². The van der Waals surface area contributed by atoms with E-state index in [4.69, 9.17) is 4.42 Å². The number of rotatable bonds is 3. The Hall–Kier alpha value is -1.75. The van der Waals surface area contributed by atoms with Crippen molar-refractivity contribution < 1.29 is 22.7 Å². The van der Waals surface area contributed by atoms with Crippen molar-refractivity contribution >= 4 is 0 Å². The minimum absolute atomic E-state index is 0.332. The average molecular weight is 270 g/mol. The largest absolute Gasteiger partial charge is 0.461 e. The van der Waals surface area contributed by atoms with Crippen molar-refractivity contribution in [3.63, 3.8) is 0 Å². The van der Waals surface area contributed by atoms with Crippen LogP contribution < -0.4 is 0 Å². The van der Waals surface area contributed by atoms with Gasteiger partial charge in [0.25, 0.3) is 0 Å². The van der Waals surface area contributed by atoms with E-state index in [2.05, 4.69) is 0 Å². The molecule has 1 aromatic heterocycles. The number of aliphatic hydroxyl groups is 1. The lowest BCUT2D eigenvalue weighted by Crippen LogP contribution is -2.04. The SMILES string of the molecule is CC(O)Cc1ccc(-c2cccc(C(F)(F)F)c2)o1. The summed E-state index contributed by atoms with van der Waals surface area (Å²) >= 11 is 0. The summed E-state index contributed by atoms with van der Waals surface area (Å²) in [6.07, 6.45) is -4.59. The summed E-state index contributed by atoms with van der Waals surface area (Å²) in [6, 6.07) is 8.22. The van der Waals surface area contributed by atoms with Gasteiger partial charge in [0.15, 0.2) is 0 Å². The highest BCUT2D eigenvalue weighted by molar-refractivity contribution is 5.58. The van der Waals surface area contributed by atoms with E-state index in [9.17, 15) is 18.3 Å². The van der Waals surface area contributed by atoms with Crippen LogP contribution in [0, 0.1) is 0 Å². The summed E-state index contributed by atoms with van der Waals surface area (Å²) in [5.74, 6) is 0.907. The summed E-state index contributed by atoms with van der Waals surface area (Å²) in [7, 11) is 0. The molecule has 102 valence electrons. The van der Waals surface area contributed by atoms with Crippen LogP contribution in [0.4, 0.5) is 13.2 Å². The van der Waals surface area contributed by atoms with E-state index in [0.717, 1.165) is 12.1 Å². The van der Waals surface area contributed by atoms with E-state index in [1.165, 1.54) is 6.07 Å². The number of hydrogen-bond acceptors (Lipinski definition) is 2. The second-order valence-corrected chi connectivity index (χ2v) is 4.40. The van der Waals surface area contributed by atoms with Gasteiger partial charge in [0.2, 0.25) is 0 Å². The number of benzene rings is 1. The van der Waals surface area contributed by atoms with Crippen molar-refractivity contribution in [1.29, 1.82) is 0 Å². The Balaban J connectivity index is 2.29. The van der Waals surface area contributed by atoms with Gasteiger partial charge in [-0.15, -0.1) is 0 Å². The van der Waals surface area contributed by atoms with E-state index >= 15 is 0 Å². The molecule has 2 aromatic rings. The van der Waals surface area contributed by atoms with Gasteiger partial charge in [0.1, 0.15) is 11.5 Å². The molecule has 19 heavy (non-hydrogen) atoms. The Morgan fingerprint density at radius 2 is 1.95 bits per heavy atom. The van der Waals surface area contributed by atoms with Gasteiger partial charge in [-0.25, -0.2) is 0 Å². The normalized spacial score (nSPS) is 13.5. The first-order valence-corrected chi connectivity index (χ1v) is 5.80. The van der Waals surface area contributed by atoms with Crippen LogP contribution in [0.2, 0.25) is 0 Å². The van der Waals surface area contributed by atoms with Crippen LogP contribution in [0.25, 0.3) is 11.3 Å². The maximum absolute atomic E-state index is 12.6. The zero-order valence-electron chi connectivity index (χ0n) is 10.2. The minimum Gasteiger partial charge on any atom is -0.461 e. The molecule has 0 aliphatic rings. The van der Waals surface area contributed by atoms with Crippen molar-refractivity contribution in [2.45, 2.75) is 25.6 Å². The molecule has 0 saturated heterocycles. The van der Waals surface area contributed by atoms with Crippen LogP contribution in [-0.2, 0) is 12.6 Å². The minimum atomic E-state index is -4.37. The van der Waals surface area contributed by atoms with Crippen LogP contribution in [0.1, 0.15) is 18.2 Å². The molecule has 0 amide bonds. The molecule has 0 bridgehead atoms. The van der Waals surface area contributed by atoms with E-state index in [-0.39, 0.29) is 0 Å². The maximum atomic E-state index is 12.6. The lowest BCUT2D eigenvalue weighted by Gasteiger charge is -2.07. The van der Waals surface area contributed by atoms with Crippen molar-refractivity contribution in [2.75, 3.05) is 0 Å². The molecule has 0 radical (unpaired) electrons. The summed E-state index contributed by atoms with van der Waals surface area (Å²) in [5.41, 5.74) is -0.342. The Morgan fingerprint density at radius 3 is 2.58 bits per heavy atom. The first-order chi connectivity index (χ1) is 8.86. The molecule has 1 unspecified atom stereocenters. The quantitative estimate of drug-likeness (QED) is 0.918. The molecule has 5 heteroatoms. The lowest BCUT2D eigenvalue weighted by molar-refractivity contribution is -0.137. The zero-order valence-corrected chi connectivity index (χ0v) is 10.2. The van der Waals surface area contributed by atoms with Gasteiger partial charge < -0.3 is 9.52 Å². The van der Waals surface area contributed by atoms with Crippen LogP contribution in [0.15, 0.2) is 40.8 Å². The van der Waals surface area contributed by atoms with Crippen molar-refractivity contribution in [3.8, 4) is 11.3 Å². The Bertz CT molecular complexity index is 556. The summed E-state index contributed by atoms with van der Waals surface area (Å²) in [5, 5.41) is 9.23. The second kappa shape index (κ2) is 5.09. The Labute approximate surface area is 108 Å². The van der Waals surface area contributed by atoms with Gasteiger partial charge in [-0.3, -0.25) is 0 Å². The molecule has 0 fully saturated rings. The number of aliphatic hydroxyl groups excluding tert-OH is 1. The third kappa shape index (κ3) is 3.38. The molecule has 0 aliphatic heterocycles. The molecule has 1 N–H and O–H groups in total. The average Bonchev–Trinajstić information content (AvgIpc) is 2.76. The second-order valence-electron chi connectivity index (χ2n) is 4.40. The van der Waals surface area contributed by atoms with E-state index < -0.39 is 17.8 Å². The zero-order chi connectivity index (χ0) is 14.0. The van der Waals surface area contributed by atoms with Crippen molar-refractivity contribution in [1.82, 2.24) is 0 Å². The number of halogens is 3. The summed E-state index contributed by atoms with van der Waals surface area (Å²) in [4.78, 5) is 0. The van der Waals surface area contributed by atoms with E-state index in [1.807, 2.05) is 0 Å². The molecule has 2 rings (SSSR count). The fraction of sp³-hybridized carbons (Fsp3) is 0.286. The van der Waals surface area contributed by atoms with Gasteiger partial charge in [0, 0.05) is 12.0 Å². The van der Waals surface area contributed by atoms with Gasteiger partial charge in [0.05, 0.1) is 11.7 Å². The van der Waals surface area contributed by atoms with Gasteiger partial charge in [-0.2, -0.15) is 13.2 Å². The standard InChI is InChI=1S/C14H13F3O2/c1-9(18)7-12-5-6-13(19-12)10-3-2-4-11(8-10)14(15,16)17/h2-6,8-9,18H,7H2,1H3. The van der Waals surface area contributed by atoms with Crippen molar-refractivity contribution in [3.05, 3.63) is 47.7 Å². The molecular formula is C14H13F3O2. The Kier molecular flexibility index (Phi) is 3.66. The number of alkyl halides is 3. The maximum Gasteiger partial charge on any atom is 0.416 e. The third-order valence-corrected chi connectivity index (χ3v) is 2.63. The summed E-state index contributed by atoms with van der Waals surface area (Å²) < 4.78 is 43.2. The fourth-order valence-corrected chi connectivity index (χ4v) is 1.78. The van der Waals surface area contributed by atoms with Crippen LogP contribution in [-0.4, -0.2) is 11.2 Å². The molecule has 2 nitrogen and oxygen atoms in total. The summed E-state index contributed by atoms with van der Waals surface area (Å²) in [6.45, 7) is 1.62. The molecule has 1 heterocycles. The van der Waals surface area contributed by atoms with Gasteiger partial charge >= 0.3 is 6.18 Å². The van der Waals surface area contributed by atoms with Gasteiger partial charge in [-0.1, -0.05) is 12.1 Å². The van der Waals surface area contributed by atoms with Gasteiger partial charge in [-0.05, 0) is 31.2 Å². The topological polar surface area (TPSA) is 33.4 Å². The highest BCUT2D eigenvalue weighted by Crippen LogP contribution is 2.32. The van der Waals surface area contributed by atoms with Crippen LogP contribution >= 0.6 is 0 Å². The Morgan fingerprint density at radius 1 is 1.21 bits per heavy atom. The smallest absolute Gasteiger partial charge is 0.416 e. The highest BCUT2D eigenvalue weighted by atomic mass is 19.4. The molecular weight excluding hydrogens is 257 g/mol. The van der Waals surface area contributed by atoms with Crippen LogP contribution in [0.3, 0.4) is 0 Å². The molecule has 1 aromatic carbocycles. The lowest BCUT2D eigenvalue weighted by atomic mass is 10.1. The first-order valence-electron chi connectivity index (χ1n) is 5.80. The van der Waals surface area contributed by atoms with Crippen molar-refractivity contribution in [2.24, 2.45) is 0 Å². The first kappa shape index (κ1) is 13.7. The fourth-order valence-electron chi connectivity index (χ4n) is 1.78. The third-order valence-electron chi connectivity index (χ3n) is 2.63. The van der Waals surface area contributed by atoms with E-state index in [1.54, 1.807) is 25.1 Å². The molecule has 0 saturated carbocycles. The predicted molar refractivity (Wildman–Crippen MR) is 64.5 cm³/mol. The monoisotopic (exact) mass is 270 g/mol.